The van der Waals surface area contributed by atoms with Crippen molar-refractivity contribution in [3.05, 3.63) is 71.7 Å². The monoisotopic (exact) mass is 438 g/mol. The Labute approximate surface area is 188 Å². The Hall–Kier alpha value is -4.74. The molecule has 0 saturated heterocycles. The standard InChI is InChI=1S/C22H18N8.CO2/c23-11-14-3-1-4-16(9-14)19-10-20(27-22(24)26-19)21-13-30(29-28-21)12-17-5-2-6-18(25-17)15-7-8-15;2-1-3/h1-6,9-10,13,15H,7-8,12H2,(H2,24,26,27);. The minimum atomic E-state index is 0.137. The van der Waals surface area contributed by atoms with Gasteiger partial charge in [-0.1, -0.05) is 23.4 Å². The highest BCUT2D eigenvalue weighted by Crippen LogP contribution is 2.38. The lowest BCUT2D eigenvalue weighted by Gasteiger charge is -2.05. The van der Waals surface area contributed by atoms with Crippen molar-refractivity contribution >= 4 is 12.1 Å². The van der Waals surface area contributed by atoms with E-state index in [0.717, 1.165) is 17.0 Å². The molecule has 1 aromatic carbocycles. The zero-order valence-corrected chi connectivity index (χ0v) is 17.4. The molecule has 3 heterocycles. The second kappa shape index (κ2) is 9.60. The van der Waals surface area contributed by atoms with Gasteiger partial charge in [-0.2, -0.15) is 14.9 Å². The molecule has 1 aliphatic carbocycles. The molecule has 0 amide bonds. The predicted molar refractivity (Wildman–Crippen MR) is 116 cm³/mol. The number of nitrogens with zero attached hydrogens (tertiary/aromatic N) is 7. The van der Waals surface area contributed by atoms with Crippen LogP contribution in [0, 0.1) is 11.3 Å². The number of nitriles is 1. The Bertz CT molecular complexity index is 1360. The highest BCUT2D eigenvalue weighted by atomic mass is 16.2. The van der Waals surface area contributed by atoms with Gasteiger partial charge in [0.15, 0.2) is 0 Å². The quantitative estimate of drug-likeness (QED) is 0.495. The Morgan fingerprint density at radius 3 is 2.52 bits per heavy atom. The summed E-state index contributed by atoms with van der Waals surface area (Å²) >= 11 is 0. The van der Waals surface area contributed by atoms with E-state index in [2.05, 4.69) is 32.4 Å². The van der Waals surface area contributed by atoms with Gasteiger partial charge in [-0.25, -0.2) is 14.6 Å². The molecule has 10 heteroatoms. The minimum absolute atomic E-state index is 0.137. The minimum Gasteiger partial charge on any atom is -0.368 e. The fourth-order valence-corrected chi connectivity index (χ4v) is 3.34. The molecule has 5 rings (SSSR count). The summed E-state index contributed by atoms with van der Waals surface area (Å²) in [5.74, 6) is 0.747. The maximum Gasteiger partial charge on any atom is 0.373 e. The lowest BCUT2D eigenvalue weighted by atomic mass is 10.1. The Morgan fingerprint density at radius 2 is 1.76 bits per heavy atom. The molecule has 3 aromatic heterocycles. The number of nitrogen functional groups attached to an aromatic ring is 1. The van der Waals surface area contributed by atoms with Gasteiger partial charge in [-0.3, -0.25) is 4.98 Å². The third kappa shape index (κ3) is 5.31. The summed E-state index contributed by atoms with van der Waals surface area (Å²) in [4.78, 5) is 29.6. The average Bonchev–Trinajstić information content (AvgIpc) is 3.58. The van der Waals surface area contributed by atoms with Gasteiger partial charge >= 0.3 is 6.15 Å². The van der Waals surface area contributed by atoms with Crippen molar-refractivity contribution in [2.45, 2.75) is 25.3 Å². The van der Waals surface area contributed by atoms with Crippen LogP contribution >= 0.6 is 0 Å². The summed E-state index contributed by atoms with van der Waals surface area (Å²) in [6, 6.07) is 17.2. The first kappa shape index (κ1) is 21.5. The van der Waals surface area contributed by atoms with E-state index in [1.54, 1.807) is 22.9 Å². The van der Waals surface area contributed by atoms with E-state index >= 15 is 0 Å². The SMILES string of the molecule is N#Cc1cccc(-c2cc(-c3cn(Cc4cccc(C5CC5)n4)nn3)nc(N)n2)c1.O=C=O. The van der Waals surface area contributed by atoms with E-state index in [-0.39, 0.29) is 12.1 Å². The van der Waals surface area contributed by atoms with Crippen molar-refractivity contribution in [1.82, 2.24) is 29.9 Å². The van der Waals surface area contributed by atoms with Gasteiger partial charge in [0, 0.05) is 17.2 Å². The molecule has 0 bridgehead atoms. The van der Waals surface area contributed by atoms with E-state index < -0.39 is 0 Å². The van der Waals surface area contributed by atoms with Gasteiger partial charge in [0.25, 0.3) is 0 Å². The molecule has 1 aliphatic rings. The zero-order valence-electron chi connectivity index (χ0n) is 17.4. The van der Waals surface area contributed by atoms with Crippen LogP contribution in [0.1, 0.15) is 35.7 Å². The molecule has 0 unspecified atom stereocenters. The van der Waals surface area contributed by atoms with E-state index in [1.165, 1.54) is 12.8 Å². The molecular weight excluding hydrogens is 420 g/mol. The second-order valence-electron chi connectivity index (χ2n) is 7.40. The maximum absolute atomic E-state index is 9.14. The molecule has 1 saturated carbocycles. The molecule has 33 heavy (non-hydrogen) atoms. The molecule has 0 aliphatic heterocycles. The first-order chi connectivity index (χ1) is 16.1. The number of rotatable bonds is 5. The van der Waals surface area contributed by atoms with Crippen molar-refractivity contribution in [1.29, 1.82) is 5.26 Å². The first-order valence-electron chi connectivity index (χ1n) is 10.1. The van der Waals surface area contributed by atoms with Gasteiger partial charge < -0.3 is 5.73 Å². The molecule has 4 aromatic rings. The van der Waals surface area contributed by atoms with E-state index in [0.29, 0.717) is 35.1 Å². The summed E-state index contributed by atoms with van der Waals surface area (Å²) in [6.07, 6.45) is 4.51. The molecule has 2 N–H and O–H groups in total. The van der Waals surface area contributed by atoms with Crippen LogP contribution < -0.4 is 5.73 Å². The van der Waals surface area contributed by atoms with Crippen LogP contribution in [0.25, 0.3) is 22.6 Å². The maximum atomic E-state index is 9.14. The van der Waals surface area contributed by atoms with Gasteiger partial charge in [0.1, 0.15) is 5.69 Å². The number of benzene rings is 1. The largest absolute Gasteiger partial charge is 0.373 e. The van der Waals surface area contributed by atoms with Crippen molar-refractivity contribution in [2.24, 2.45) is 0 Å². The van der Waals surface area contributed by atoms with Crippen LogP contribution in [-0.4, -0.2) is 36.1 Å². The molecule has 162 valence electrons. The van der Waals surface area contributed by atoms with Gasteiger partial charge in [0.2, 0.25) is 5.95 Å². The van der Waals surface area contributed by atoms with Crippen LogP contribution in [0.3, 0.4) is 0 Å². The third-order valence-electron chi connectivity index (χ3n) is 4.98. The van der Waals surface area contributed by atoms with E-state index in [9.17, 15) is 0 Å². The van der Waals surface area contributed by atoms with Crippen LogP contribution in [0.4, 0.5) is 5.95 Å². The average molecular weight is 438 g/mol. The molecule has 10 nitrogen and oxygen atoms in total. The molecule has 0 radical (unpaired) electrons. The molecule has 0 spiro atoms. The van der Waals surface area contributed by atoms with Crippen molar-refractivity contribution in [2.75, 3.05) is 5.73 Å². The Balaban J connectivity index is 0.000000821. The number of carbonyl (C=O) groups excluding carboxylic acids is 2. The van der Waals surface area contributed by atoms with Crippen molar-refractivity contribution in [3.8, 4) is 28.7 Å². The predicted octanol–water partition coefficient (Wildman–Crippen LogP) is 2.59. The number of anilines is 1. The fourth-order valence-electron chi connectivity index (χ4n) is 3.34. The Kier molecular flexibility index (Phi) is 6.25. The van der Waals surface area contributed by atoms with E-state index in [1.807, 2.05) is 30.5 Å². The highest BCUT2D eigenvalue weighted by molar-refractivity contribution is 5.68. The normalized spacial score (nSPS) is 12.2. The summed E-state index contributed by atoms with van der Waals surface area (Å²) in [7, 11) is 0. The first-order valence-corrected chi connectivity index (χ1v) is 10.1. The van der Waals surface area contributed by atoms with Crippen LogP contribution in [0.2, 0.25) is 0 Å². The lowest BCUT2D eigenvalue weighted by molar-refractivity contribution is -0.191. The van der Waals surface area contributed by atoms with Crippen LogP contribution in [0.15, 0.2) is 54.7 Å². The molecule has 1 fully saturated rings. The van der Waals surface area contributed by atoms with Crippen molar-refractivity contribution in [3.63, 3.8) is 0 Å². The smallest absolute Gasteiger partial charge is 0.368 e. The van der Waals surface area contributed by atoms with Gasteiger partial charge in [0.05, 0.1) is 41.5 Å². The third-order valence-corrected chi connectivity index (χ3v) is 4.98. The van der Waals surface area contributed by atoms with Crippen LogP contribution in [-0.2, 0) is 16.1 Å². The van der Waals surface area contributed by atoms with Gasteiger partial charge in [-0.05, 0) is 43.2 Å². The number of pyridine rings is 1. The Morgan fingerprint density at radius 1 is 1.00 bits per heavy atom. The lowest BCUT2D eigenvalue weighted by Crippen LogP contribution is -2.03. The second-order valence-corrected chi connectivity index (χ2v) is 7.40. The summed E-state index contributed by atoms with van der Waals surface area (Å²) in [5, 5.41) is 17.6. The summed E-state index contributed by atoms with van der Waals surface area (Å²) in [5.41, 5.74) is 11.2. The fraction of sp³-hybridized carbons (Fsp3) is 0.174. The number of nitrogens with two attached hydrogens (primary N) is 1. The van der Waals surface area contributed by atoms with Gasteiger partial charge in [-0.15, -0.1) is 5.10 Å². The molecule has 0 atom stereocenters. The zero-order chi connectivity index (χ0) is 23.2. The number of hydrogen-bond donors (Lipinski definition) is 1. The van der Waals surface area contributed by atoms with Crippen LogP contribution in [0.5, 0.6) is 0 Å². The summed E-state index contributed by atoms with van der Waals surface area (Å²) in [6.45, 7) is 0.533. The number of hydrogen-bond acceptors (Lipinski definition) is 9. The summed E-state index contributed by atoms with van der Waals surface area (Å²) < 4.78 is 1.74. The molecular formula is C23H18N8O2. The topological polar surface area (TPSA) is 153 Å². The highest BCUT2D eigenvalue weighted by Gasteiger charge is 2.24. The van der Waals surface area contributed by atoms with Crippen molar-refractivity contribution < 1.29 is 9.59 Å². The van der Waals surface area contributed by atoms with E-state index in [4.69, 9.17) is 25.6 Å². The number of aromatic nitrogens is 6.